The topological polar surface area (TPSA) is 20.2 Å². The lowest BCUT2D eigenvalue weighted by molar-refractivity contribution is 0.0323. The minimum Gasteiger partial charge on any atom is -0.393 e. The third-order valence-corrected chi connectivity index (χ3v) is 9.46. The molecule has 0 bridgehead atoms. The first-order chi connectivity index (χ1) is 15.7. The van der Waals surface area contributed by atoms with Crippen molar-refractivity contribution in [2.75, 3.05) is 0 Å². The van der Waals surface area contributed by atoms with Crippen LogP contribution in [-0.2, 0) is 0 Å². The predicted molar refractivity (Wildman–Crippen MR) is 119 cm³/mol. The van der Waals surface area contributed by atoms with E-state index in [1.54, 1.807) is 5.57 Å². The van der Waals surface area contributed by atoms with Gasteiger partial charge in [0.15, 0.2) is 0 Å². The summed E-state index contributed by atoms with van der Waals surface area (Å²) in [7, 11) is 0. The van der Waals surface area contributed by atoms with Gasteiger partial charge in [-0.05, 0) is 85.4 Å². The Morgan fingerprint density at radius 2 is 1.89 bits per heavy atom. The highest BCUT2D eigenvalue weighted by Crippen LogP contribution is 2.66. The molecule has 1 N–H and O–H groups in total. The Morgan fingerprint density at radius 3 is 2.68 bits per heavy atom. The van der Waals surface area contributed by atoms with Crippen LogP contribution in [0.1, 0.15) is 107 Å². The van der Waals surface area contributed by atoms with E-state index in [0.717, 1.165) is 25.7 Å². The van der Waals surface area contributed by atoms with Gasteiger partial charge < -0.3 is 5.11 Å². The maximum absolute atomic E-state index is 10.2. The van der Waals surface area contributed by atoms with Crippen molar-refractivity contribution in [3.63, 3.8) is 0 Å². The third-order valence-electron chi connectivity index (χ3n) is 9.46. The van der Waals surface area contributed by atoms with Crippen molar-refractivity contribution in [2.45, 2.75) is 105 Å². The van der Waals surface area contributed by atoms with E-state index in [-0.39, 0.29) is 23.4 Å². The predicted octanol–water partition coefficient (Wildman–Crippen LogP) is 7.31. The number of fused-ring (bicyclic) bond motifs is 5. The molecule has 0 amide bonds. The van der Waals surface area contributed by atoms with Crippen molar-refractivity contribution in [2.24, 2.45) is 40.4 Å². The van der Waals surface area contributed by atoms with Crippen molar-refractivity contribution >= 4 is 0 Å². The largest absolute Gasteiger partial charge is 0.393 e. The third kappa shape index (κ3) is 3.34. The lowest BCUT2D eigenvalue weighted by Crippen LogP contribution is -2.46. The maximum atomic E-state index is 10.2. The number of hydrogen-bond acceptors (Lipinski definition) is 1. The van der Waals surface area contributed by atoms with Crippen molar-refractivity contribution < 1.29 is 13.3 Å². The smallest absolute Gasteiger partial charge is 0.0578 e. The van der Waals surface area contributed by atoms with Gasteiger partial charge in [-0.2, -0.15) is 0 Å². The first-order valence-corrected chi connectivity index (χ1v) is 11.8. The quantitative estimate of drug-likeness (QED) is 0.522. The Labute approximate surface area is 182 Å². The lowest BCUT2D eigenvalue weighted by atomic mass is 9.50. The molecule has 0 aromatic heterocycles. The van der Waals surface area contributed by atoms with Gasteiger partial charge in [0.1, 0.15) is 0 Å². The Bertz CT molecular complexity index is 812. The number of allylic oxidation sites excluding steroid dienone is 3. The van der Waals surface area contributed by atoms with Crippen molar-refractivity contribution in [1.29, 1.82) is 0 Å². The average Bonchev–Trinajstić information content (AvgIpc) is 3.07. The van der Waals surface area contributed by atoms with Gasteiger partial charge in [-0.15, -0.1) is 0 Å². The van der Waals surface area contributed by atoms with Gasteiger partial charge in [0.25, 0.3) is 0 Å². The number of hydrogen-bond donors (Lipinski definition) is 1. The van der Waals surface area contributed by atoms with Gasteiger partial charge in [0.2, 0.25) is 0 Å². The first-order valence-electron chi connectivity index (χ1n) is 14.8. The molecule has 1 nitrogen and oxygen atoms in total. The minimum absolute atomic E-state index is 0.185. The second kappa shape index (κ2) is 7.60. The summed E-state index contributed by atoms with van der Waals surface area (Å²) in [6.45, 7) is 2.38. The highest BCUT2D eigenvalue weighted by molar-refractivity contribution is 5.38. The van der Waals surface area contributed by atoms with Crippen molar-refractivity contribution in [3.05, 3.63) is 23.3 Å². The molecule has 0 radical (unpaired) electrons. The second-order valence-corrected chi connectivity index (χ2v) is 11.0. The molecule has 0 aromatic rings. The molecule has 1 heteroatoms. The number of aliphatic hydroxyl groups excluding tert-OH is 1. The molecular formula is C27H44O. The summed E-state index contributed by atoms with van der Waals surface area (Å²) in [5, 5.41) is 10.2. The van der Waals surface area contributed by atoms with E-state index in [1.807, 2.05) is 0 Å². The van der Waals surface area contributed by atoms with Crippen molar-refractivity contribution in [3.8, 4) is 0 Å². The highest BCUT2D eigenvalue weighted by atomic mass is 16.3. The zero-order chi connectivity index (χ0) is 25.1. The zero-order valence-electron chi connectivity index (χ0n) is 24.1. The lowest BCUT2D eigenvalue weighted by Gasteiger charge is -2.55. The summed E-state index contributed by atoms with van der Waals surface area (Å²) in [5.41, 5.74) is 3.57. The van der Waals surface area contributed by atoms with Gasteiger partial charge in [0, 0.05) is 8.22 Å². The summed E-state index contributed by atoms with van der Waals surface area (Å²) >= 11 is 0. The Kier molecular flexibility index (Phi) is 3.92. The van der Waals surface area contributed by atoms with E-state index in [1.165, 1.54) is 31.3 Å². The van der Waals surface area contributed by atoms with E-state index in [0.29, 0.717) is 30.1 Å². The normalized spacial score (nSPS) is 47.8. The van der Waals surface area contributed by atoms with Crippen LogP contribution in [0.5, 0.6) is 0 Å². The van der Waals surface area contributed by atoms with Crippen LogP contribution >= 0.6 is 0 Å². The summed E-state index contributed by atoms with van der Waals surface area (Å²) in [6.07, 6.45) is 14.1. The minimum atomic E-state index is -2.43. The fourth-order valence-corrected chi connectivity index (χ4v) is 7.80. The van der Waals surface area contributed by atoms with Gasteiger partial charge in [0.05, 0.1) is 6.10 Å². The van der Waals surface area contributed by atoms with Crippen LogP contribution in [0.25, 0.3) is 0 Å². The number of aliphatic hydroxyl groups is 1. The molecule has 28 heavy (non-hydrogen) atoms. The van der Waals surface area contributed by atoms with Crippen LogP contribution in [0.2, 0.25) is 0 Å². The van der Waals surface area contributed by atoms with Gasteiger partial charge in [-0.1, -0.05) is 77.0 Å². The van der Waals surface area contributed by atoms with Crippen LogP contribution < -0.4 is 0 Å². The molecule has 3 fully saturated rings. The van der Waals surface area contributed by atoms with E-state index >= 15 is 0 Å². The Balaban J connectivity index is 1.44. The van der Waals surface area contributed by atoms with E-state index in [4.69, 9.17) is 8.22 Å². The SMILES string of the molecule is [2H]C([2H])([2H])C(CCCC(C)C1CCC2C3=CC=C4C[C@@H](O)CC[C@]4(C)C3CC[C@@]21C)C([2H])([2H])[2H]. The standard InChI is InChI=1S/C27H44O/c1-18(2)7-6-8-19(3)23-11-12-24-22-10-9-20-17-21(28)13-15-26(20,4)25(22)14-16-27(23,24)5/h9-10,18-19,21,23-25,28H,6-8,11-17H2,1-5H3/t19?,21-,23?,24?,25?,26-,27+/m0/s1/i1D3,2D3. The Morgan fingerprint density at radius 1 is 1.07 bits per heavy atom. The van der Waals surface area contributed by atoms with Crippen molar-refractivity contribution in [1.82, 2.24) is 0 Å². The van der Waals surface area contributed by atoms with E-state index in [9.17, 15) is 5.11 Å². The van der Waals surface area contributed by atoms with E-state index < -0.39 is 19.6 Å². The van der Waals surface area contributed by atoms with Gasteiger partial charge in [-0.25, -0.2) is 0 Å². The summed E-state index contributed by atoms with van der Waals surface area (Å²) < 4.78 is 46.1. The van der Waals surface area contributed by atoms with Crippen LogP contribution in [0.3, 0.4) is 0 Å². The summed E-state index contributed by atoms with van der Waals surface area (Å²) in [6, 6.07) is 0. The molecule has 4 aliphatic carbocycles. The fourth-order valence-electron chi connectivity index (χ4n) is 7.80. The maximum Gasteiger partial charge on any atom is 0.0578 e. The average molecular weight is 391 g/mol. The molecule has 7 atom stereocenters. The molecule has 4 rings (SSSR count). The molecule has 4 aliphatic rings. The summed E-state index contributed by atoms with van der Waals surface area (Å²) in [5.74, 6) is 1.06. The molecular weight excluding hydrogens is 340 g/mol. The number of rotatable bonds is 5. The van der Waals surface area contributed by atoms with E-state index in [2.05, 4.69) is 32.9 Å². The molecule has 0 spiro atoms. The molecule has 0 saturated heterocycles. The van der Waals surface area contributed by atoms with Gasteiger partial charge >= 0.3 is 0 Å². The van der Waals surface area contributed by atoms with Gasteiger partial charge in [-0.3, -0.25) is 0 Å². The molecule has 158 valence electrons. The molecule has 3 saturated carbocycles. The highest BCUT2D eigenvalue weighted by Gasteiger charge is 2.56. The molecule has 0 aliphatic heterocycles. The monoisotopic (exact) mass is 390 g/mol. The fraction of sp³-hybridized carbons (Fsp3) is 0.852. The molecule has 0 aromatic carbocycles. The van der Waals surface area contributed by atoms with Crippen LogP contribution in [0.4, 0.5) is 0 Å². The van der Waals surface area contributed by atoms with Crippen LogP contribution in [-0.4, -0.2) is 11.2 Å². The zero-order valence-corrected chi connectivity index (χ0v) is 18.1. The molecule has 0 heterocycles. The summed E-state index contributed by atoms with van der Waals surface area (Å²) in [4.78, 5) is 0. The Hall–Kier alpha value is -0.560. The second-order valence-electron chi connectivity index (χ2n) is 11.0. The molecule has 4 unspecified atom stereocenters. The first kappa shape index (κ1) is 14.4. The van der Waals surface area contributed by atoms with Crippen LogP contribution in [0, 0.1) is 40.4 Å². The van der Waals surface area contributed by atoms with Crippen LogP contribution in [0.15, 0.2) is 23.3 Å².